The van der Waals surface area contributed by atoms with Gasteiger partial charge in [0.25, 0.3) is 0 Å². The Hall–Kier alpha value is -2.71. The van der Waals surface area contributed by atoms with Gasteiger partial charge in [0.1, 0.15) is 17.8 Å². The summed E-state index contributed by atoms with van der Waals surface area (Å²) in [6, 6.07) is 13.9. The van der Waals surface area contributed by atoms with E-state index in [0.717, 1.165) is 5.56 Å². The van der Waals surface area contributed by atoms with Gasteiger partial charge in [-0.1, -0.05) is 30.3 Å². The van der Waals surface area contributed by atoms with Gasteiger partial charge in [-0.15, -0.1) is 0 Å². The molecular weight excluding hydrogens is 340 g/mol. The van der Waals surface area contributed by atoms with Crippen LogP contribution in [-0.4, -0.2) is 30.3 Å². The van der Waals surface area contributed by atoms with Crippen molar-refractivity contribution in [1.29, 1.82) is 0 Å². The number of nitrogens with one attached hydrogen (secondary N) is 1. The van der Waals surface area contributed by atoms with Gasteiger partial charge in [0.15, 0.2) is 5.82 Å². The molecule has 1 aliphatic heterocycles. The number of para-hydroxylation sites is 2. The summed E-state index contributed by atoms with van der Waals surface area (Å²) in [5.41, 5.74) is 1.47. The molecule has 0 fully saturated rings. The summed E-state index contributed by atoms with van der Waals surface area (Å²) in [5.74, 6) is 1.15. The molecule has 8 heteroatoms. The molecule has 4 rings (SSSR count). The zero-order chi connectivity index (χ0) is 17.4. The third-order valence-electron chi connectivity index (χ3n) is 4.18. The van der Waals surface area contributed by atoms with Crippen molar-refractivity contribution in [2.75, 3.05) is 7.11 Å². The average molecular weight is 356 g/mol. The van der Waals surface area contributed by atoms with Crippen LogP contribution in [0.1, 0.15) is 17.4 Å². The van der Waals surface area contributed by atoms with Gasteiger partial charge in [-0.3, -0.25) is 0 Å². The minimum atomic E-state index is -3.59. The Bertz CT molecular complexity index is 1030. The maximum atomic E-state index is 12.6. The van der Waals surface area contributed by atoms with E-state index in [1.165, 1.54) is 6.33 Å². The average Bonchev–Trinajstić information content (AvgIpc) is 3.10. The molecule has 1 aliphatic rings. The van der Waals surface area contributed by atoms with Crippen molar-refractivity contribution in [3.63, 3.8) is 0 Å². The van der Waals surface area contributed by atoms with Crippen LogP contribution in [0.3, 0.4) is 0 Å². The molecule has 0 amide bonds. The molecule has 0 saturated carbocycles. The fourth-order valence-corrected chi connectivity index (χ4v) is 4.51. The van der Waals surface area contributed by atoms with Gasteiger partial charge in [-0.2, -0.15) is 5.10 Å². The lowest BCUT2D eigenvalue weighted by molar-refractivity contribution is 0.410. The molecule has 7 nitrogen and oxygen atoms in total. The topological polar surface area (TPSA) is 86.1 Å². The highest BCUT2D eigenvalue weighted by Crippen LogP contribution is 2.31. The van der Waals surface area contributed by atoms with E-state index in [9.17, 15) is 8.42 Å². The first-order valence-electron chi connectivity index (χ1n) is 7.74. The Morgan fingerprint density at radius 1 is 1.16 bits per heavy atom. The smallest absolute Gasteiger partial charge is 0.241 e. The van der Waals surface area contributed by atoms with Crippen LogP contribution in [0.2, 0.25) is 0 Å². The van der Waals surface area contributed by atoms with E-state index in [0.29, 0.717) is 28.6 Å². The lowest BCUT2D eigenvalue weighted by atomic mass is 10.1. The molecule has 2 aromatic carbocycles. The van der Waals surface area contributed by atoms with Gasteiger partial charge in [0.05, 0.1) is 18.0 Å². The Balaban J connectivity index is 1.80. The van der Waals surface area contributed by atoms with E-state index in [4.69, 9.17) is 4.74 Å². The minimum Gasteiger partial charge on any atom is -0.494 e. The molecule has 1 aromatic heterocycles. The van der Waals surface area contributed by atoms with Gasteiger partial charge in [-0.25, -0.2) is 22.8 Å². The lowest BCUT2D eigenvalue weighted by Crippen LogP contribution is -2.36. The van der Waals surface area contributed by atoms with Crippen LogP contribution in [0.4, 0.5) is 0 Å². The van der Waals surface area contributed by atoms with Crippen molar-refractivity contribution in [1.82, 2.24) is 19.5 Å². The first-order valence-corrected chi connectivity index (χ1v) is 9.22. The molecule has 25 heavy (non-hydrogen) atoms. The van der Waals surface area contributed by atoms with Crippen LogP contribution in [-0.2, 0) is 16.4 Å². The molecule has 0 bridgehead atoms. The van der Waals surface area contributed by atoms with E-state index in [-0.39, 0.29) is 0 Å². The maximum absolute atomic E-state index is 12.6. The second kappa shape index (κ2) is 5.98. The summed E-state index contributed by atoms with van der Waals surface area (Å²) in [5, 5.41) is 4.26. The fourth-order valence-electron chi connectivity index (χ4n) is 3.07. The molecular formula is C17H16N4O3S. The highest BCUT2D eigenvalue weighted by molar-refractivity contribution is 7.89. The zero-order valence-corrected chi connectivity index (χ0v) is 14.3. The first kappa shape index (κ1) is 15.8. The predicted molar refractivity (Wildman–Crippen MR) is 91.1 cm³/mol. The number of ether oxygens (including phenoxy) is 1. The quantitative estimate of drug-likeness (QED) is 0.774. The van der Waals surface area contributed by atoms with Gasteiger partial charge in [-0.05, 0) is 30.2 Å². The summed E-state index contributed by atoms with van der Waals surface area (Å²) >= 11 is 0. The van der Waals surface area contributed by atoms with Crippen LogP contribution < -0.4 is 9.46 Å². The Kier molecular flexibility index (Phi) is 3.78. The maximum Gasteiger partial charge on any atom is 0.241 e. The highest BCUT2D eigenvalue weighted by atomic mass is 32.2. The van der Waals surface area contributed by atoms with Gasteiger partial charge in [0.2, 0.25) is 10.0 Å². The second-order valence-corrected chi connectivity index (χ2v) is 7.37. The minimum absolute atomic E-state index is 0.314. The van der Waals surface area contributed by atoms with Crippen molar-refractivity contribution in [2.24, 2.45) is 0 Å². The van der Waals surface area contributed by atoms with Crippen molar-refractivity contribution in [3.8, 4) is 11.4 Å². The number of aromatic nitrogens is 3. The summed E-state index contributed by atoms with van der Waals surface area (Å²) in [6.07, 6.45) is 1.92. The van der Waals surface area contributed by atoms with Crippen molar-refractivity contribution in [2.45, 2.75) is 17.4 Å². The number of fused-ring (bicyclic) bond motifs is 1. The molecule has 0 saturated heterocycles. The fraction of sp³-hybridized carbons (Fsp3) is 0.176. The number of benzene rings is 2. The van der Waals surface area contributed by atoms with Crippen LogP contribution in [0, 0.1) is 0 Å². The van der Waals surface area contributed by atoms with Crippen molar-refractivity contribution in [3.05, 3.63) is 66.2 Å². The first-order chi connectivity index (χ1) is 12.1. The van der Waals surface area contributed by atoms with Crippen LogP contribution in [0.25, 0.3) is 5.69 Å². The van der Waals surface area contributed by atoms with E-state index in [2.05, 4.69) is 14.8 Å². The molecule has 1 N–H and O–H groups in total. The van der Waals surface area contributed by atoms with Gasteiger partial charge in [0, 0.05) is 0 Å². The third-order valence-corrected chi connectivity index (χ3v) is 5.75. The number of sulfonamides is 1. The van der Waals surface area contributed by atoms with Crippen LogP contribution >= 0.6 is 0 Å². The normalized spacial score (nSPS) is 18.5. The lowest BCUT2D eigenvalue weighted by Gasteiger charge is -2.25. The molecule has 0 spiro atoms. The van der Waals surface area contributed by atoms with Crippen molar-refractivity contribution >= 4 is 10.0 Å². The Morgan fingerprint density at radius 3 is 2.76 bits per heavy atom. The molecule has 1 unspecified atom stereocenters. The molecule has 0 aliphatic carbocycles. The van der Waals surface area contributed by atoms with E-state index >= 15 is 0 Å². The second-order valence-electron chi connectivity index (χ2n) is 5.69. The number of rotatable bonds is 3. The summed E-state index contributed by atoms with van der Waals surface area (Å²) in [4.78, 5) is 4.61. The predicted octanol–water partition coefficient (Wildman–Crippen LogP) is 1.85. The van der Waals surface area contributed by atoms with E-state index < -0.39 is 16.1 Å². The largest absolute Gasteiger partial charge is 0.494 e. The van der Waals surface area contributed by atoms with E-state index in [1.807, 2.05) is 36.4 Å². The summed E-state index contributed by atoms with van der Waals surface area (Å²) < 4.78 is 34.8. The third kappa shape index (κ3) is 2.69. The SMILES string of the molecule is COc1ccccc1-n1ncnc1C1Cc2ccccc2S(=O)(=O)N1. The molecule has 1 atom stereocenters. The zero-order valence-electron chi connectivity index (χ0n) is 13.5. The summed E-state index contributed by atoms with van der Waals surface area (Å²) in [6.45, 7) is 0. The molecule has 128 valence electrons. The van der Waals surface area contributed by atoms with Crippen LogP contribution in [0.5, 0.6) is 5.75 Å². The molecule has 3 aromatic rings. The number of hydrogen-bond acceptors (Lipinski definition) is 5. The Morgan fingerprint density at radius 2 is 1.92 bits per heavy atom. The van der Waals surface area contributed by atoms with Crippen LogP contribution in [0.15, 0.2) is 59.8 Å². The summed E-state index contributed by atoms with van der Waals surface area (Å²) in [7, 11) is -2.02. The molecule has 2 heterocycles. The standard InChI is InChI=1S/C17H16N4O3S/c1-24-15-8-4-3-7-14(15)21-17(18-11-19-21)13-10-12-6-2-5-9-16(12)25(22,23)20-13/h2-9,11,13,20H,10H2,1H3. The Labute approximate surface area is 145 Å². The monoisotopic (exact) mass is 356 g/mol. The van der Waals surface area contributed by atoms with Crippen molar-refractivity contribution < 1.29 is 13.2 Å². The highest BCUT2D eigenvalue weighted by Gasteiger charge is 2.33. The number of hydrogen-bond donors (Lipinski definition) is 1. The molecule has 0 radical (unpaired) electrons. The van der Waals surface area contributed by atoms with Gasteiger partial charge >= 0.3 is 0 Å². The van der Waals surface area contributed by atoms with E-state index in [1.54, 1.807) is 23.9 Å². The number of nitrogens with zero attached hydrogens (tertiary/aromatic N) is 3. The number of methoxy groups -OCH3 is 1. The van der Waals surface area contributed by atoms with Gasteiger partial charge < -0.3 is 4.74 Å².